The van der Waals surface area contributed by atoms with E-state index in [0.29, 0.717) is 35.8 Å². The van der Waals surface area contributed by atoms with E-state index in [1.165, 1.54) is 19.4 Å². The Balaban J connectivity index is 0.00000420. The largest absolute Gasteiger partial charge is 0.493 e. The van der Waals surface area contributed by atoms with Crippen molar-refractivity contribution in [3.05, 3.63) is 17.7 Å². The minimum absolute atomic E-state index is 0. The first-order chi connectivity index (χ1) is 13.5. The van der Waals surface area contributed by atoms with Gasteiger partial charge in [-0.2, -0.15) is 0 Å². The first-order valence-electron chi connectivity index (χ1n) is 9.99. The maximum Gasteiger partial charge on any atom is 0.203 e. The molecule has 1 saturated heterocycles. The molecular formula is C21H37IN4O3. The zero-order valence-corrected chi connectivity index (χ0v) is 20.9. The van der Waals surface area contributed by atoms with E-state index in [1.807, 2.05) is 12.1 Å². The number of rotatable bonds is 8. The number of piperidine rings is 1. The van der Waals surface area contributed by atoms with Gasteiger partial charge in [0.15, 0.2) is 17.5 Å². The number of likely N-dealkylation sites (tertiary alicyclic amines) is 1. The highest BCUT2D eigenvalue weighted by molar-refractivity contribution is 14.0. The summed E-state index contributed by atoms with van der Waals surface area (Å²) in [5, 5.41) is 6.85. The van der Waals surface area contributed by atoms with Crippen LogP contribution in [0.1, 0.15) is 32.3 Å². The Bertz CT molecular complexity index is 630. The summed E-state index contributed by atoms with van der Waals surface area (Å²) in [7, 11) is 6.65. The Kier molecular flexibility index (Phi) is 11.5. The van der Waals surface area contributed by atoms with Crippen molar-refractivity contribution in [2.24, 2.45) is 10.9 Å². The standard InChI is InChI=1S/C21H36N4O3.HI/c1-15(2)25-9-7-8-16(14-25)12-23-21(22-3)24-13-17-10-18(26-4)20(28-6)19(11-17)27-5;/h10-11,15-16H,7-9,12-14H2,1-6H3,(H2,22,23,24);1H. The number of ether oxygens (including phenoxy) is 3. The quantitative estimate of drug-likeness (QED) is 0.312. The molecule has 1 aromatic carbocycles. The van der Waals surface area contributed by atoms with Crippen molar-refractivity contribution < 1.29 is 14.2 Å². The predicted octanol–water partition coefficient (Wildman–Crippen LogP) is 3.12. The van der Waals surface area contributed by atoms with Gasteiger partial charge in [-0.05, 0) is 56.8 Å². The van der Waals surface area contributed by atoms with Crippen molar-refractivity contribution in [1.29, 1.82) is 0 Å². The molecule has 0 spiro atoms. The van der Waals surface area contributed by atoms with Gasteiger partial charge in [-0.15, -0.1) is 24.0 Å². The summed E-state index contributed by atoms with van der Waals surface area (Å²) in [6, 6.07) is 4.51. The number of methoxy groups -OCH3 is 3. The van der Waals surface area contributed by atoms with Crippen LogP contribution in [0, 0.1) is 5.92 Å². The van der Waals surface area contributed by atoms with E-state index in [4.69, 9.17) is 14.2 Å². The van der Waals surface area contributed by atoms with Crippen molar-refractivity contribution in [2.75, 3.05) is 48.0 Å². The molecule has 0 radical (unpaired) electrons. The van der Waals surface area contributed by atoms with Gasteiger partial charge >= 0.3 is 0 Å². The summed E-state index contributed by atoms with van der Waals surface area (Å²) < 4.78 is 16.2. The molecule has 1 heterocycles. The van der Waals surface area contributed by atoms with Crippen molar-refractivity contribution in [3.8, 4) is 17.2 Å². The van der Waals surface area contributed by atoms with Crippen molar-refractivity contribution >= 4 is 29.9 Å². The number of benzene rings is 1. The molecule has 1 unspecified atom stereocenters. The van der Waals surface area contributed by atoms with Crippen LogP contribution in [0.2, 0.25) is 0 Å². The van der Waals surface area contributed by atoms with E-state index in [1.54, 1.807) is 28.4 Å². The van der Waals surface area contributed by atoms with Gasteiger partial charge in [0, 0.05) is 32.7 Å². The molecule has 8 heteroatoms. The average Bonchev–Trinajstić information content (AvgIpc) is 2.73. The topological polar surface area (TPSA) is 67.4 Å². The summed E-state index contributed by atoms with van der Waals surface area (Å²) >= 11 is 0. The van der Waals surface area contributed by atoms with Gasteiger partial charge in [-0.25, -0.2) is 0 Å². The second-order valence-corrected chi connectivity index (χ2v) is 7.44. The molecule has 7 nitrogen and oxygen atoms in total. The van der Waals surface area contributed by atoms with Gasteiger partial charge in [0.2, 0.25) is 5.75 Å². The molecule has 1 aliphatic heterocycles. The smallest absolute Gasteiger partial charge is 0.203 e. The second-order valence-electron chi connectivity index (χ2n) is 7.44. The highest BCUT2D eigenvalue weighted by Gasteiger charge is 2.21. The molecule has 2 N–H and O–H groups in total. The number of hydrogen-bond acceptors (Lipinski definition) is 5. The van der Waals surface area contributed by atoms with E-state index in [9.17, 15) is 0 Å². The second kappa shape index (κ2) is 13.0. The molecule has 1 aromatic rings. The maximum absolute atomic E-state index is 5.43. The lowest BCUT2D eigenvalue weighted by atomic mass is 9.97. The van der Waals surface area contributed by atoms with Gasteiger partial charge in [0.25, 0.3) is 0 Å². The fourth-order valence-electron chi connectivity index (χ4n) is 3.62. The van der Waals surface area contributed by atoms with Gasteiger partial charge in [-0.3, -0.25) is 4.99 Å². The number of nitrogens with zero attached hydrogens (tertiary/aromatic N) is 2. The molecule has 1 aliphatic rings. The normalized spacial score (nSPS) is 17.5. The number of aliphatic imine (C=N–C) groups is 1. The van der Waals surface area contributed by atoms with Gasteiger partial charge < -0.3 is 29.7 Å². The van der Waals surface area contributed by atoms with Crippen LogP contribution >= 0.6 is 24.0 Å². The Morgan fingerprint density at radius 2 is 1.79 bits per heavy atom. The van der Waals surface area contributed by atoms with E-state index in [-0.39, 0.29) is 24.0 Å². The molecule has 0 bridgehead atoms. The van der Waals surface area contributed by atoms with Crippen molar-refractivity contribution in [1.82, 2.24) is 15.5 Å². The SMILES string of the molecule is CN=C(NCc1cc(OC)c(OC)c(OC)c1)NCC1CCCN(C(C)C)C1.I. The molecule has 166 valence electrons. The van der Waals surface area contributed by atoms with E-state index in [2.05, 4.69) is 34.4 Å². The molecule has 29 heavy (non-hydrogen) atoms. The highest BCUT2D eigenvalue weighted by Crippen LogP contribution is 2.38. The predicted molar refractivity (Wildman–Crippen MR) is 129 cm³/mol. The number of nitrogens with one attached hydrogen (secondary N) is 2. The van der Waals surface area contributed by atoms with E-state index in [0.717, 1.165) is 24.6 Å². The van der Waals surface area contributed by atoms with Crippen molar-refractivity contribution in [3.63, 3.8) is 0 Å². The summed E-state index contributed by atoms with van der Waals surface area (Å²) in [4.78, 5) is 6.91. The Morgan fingerprint density at radius 1 is 1.14 bits per heavy atom. The zero-order chi connectivity index (χ0) is 20.5. The zero-order valence-electron chi connectivity index (χ0n) is 18.6. The van der Waals surface area contributed by atoms with Crippen LogP contribution in [-0.4, -0.2) is 64.9 Å². The Hall–Kier alpha value is -1.42. The van der Waals surface area contributed by atoms with Gasteiger partial charge in [-0.1, -0.05) is 0 Å². The van der Waals surface area contributed by atoms with E-state index >= 15 is 0 Å². The van der Waals surface area contributed by atoms with Crippen molar-refractivity contribution in [2.45, 2.75) is 39.3 Å². The molecular weight excluding hydrogens is 483 g/mol. The summed E-state index contributed by atoms with van der Waals surface area (Å²) in [6.45, 7) is 8.44. The minimum Gasteiger partial charge on any atom is -0.493 e. The maximum atomic E-state index is 5.43. The lowest BCUT2D eigenvalue weighted by Crippen LogP contribution is -2.45. The molecule has 2 rings (SSSR count). The monoisotopic (exact) mass is 520 g/mol. The lowest BCUT2D eigenvalue weighted by Gasteiger charge is -2.35. The molecule has 0 aromatic heterocycles. The molecule has 0 amide bonds. The number of guanidine groups is 1. The van der Waals surface area contributed by atoms with E-state index < -0.39 is 0 Å². The van der Waals surface area contributed by atoms with Crippen LogP contribution in [-0.2, 0) is 6.54 Å². The van der Waals surface area contributed by atoms with Crippen LogP contribution in [0.3, 0.4) is 0 Å². The highest BCUT2D eigenvalue weighted by atomic mass is 127. The fraction of sp³-hybridized carbons (Fsp3) is 0.667. The minimum atomic E-state index is 0. The van der Waals surface area contributed by atoms with Crippen LogP contribution in [0.5, 0.6) is 17.2 Å². The number of halogens is 1. The summed E-state index contributed by atoms with van der Waals surface area (Å²) in [5.74, 6) is 3.35. The van der Waals surface area contributed by atoms with Crippen LogP contribution in [0.25, 0.3) is 0 Å². The van der Waals surface area contributed by atoms with Crippen LogP contribution in [0.4, 0.5) is 0 Å². The average molecular weight is 520 g/mol. The lowest BCUT2D eigenvalue weighted by molar-refractivity contribution is 0.141. The van der Waals surface area contributed by atoms with Crippen LogP contribution in [0.15, 0.2) is 17.1 Å². The Labute approximate surface area is 192 Å². The van der Waals surface area contributed by atoms with Gasteiger partial charge in [0.05, 0.1) is 21.3 Å². The Morgan fingerprint density at radius 3 is 2.31 bits per heavy atom. The first-order valence-corrected chi connectivity index (χ1v) is 9.99. The van der Waals surface area contributed by atoms with Crippen LogP contribution < -0.4 is 24.8 Å². The molecule has 0 aliphatic carbocycles. The fourth-order valence-corrected chi connectivity index (χ4v) is 3.62. The first kappa shape index (κ1) is 25.6. The third-order valence-electron chi connectivity index (χ3n) is 5.25. The summed E-state index contributed by atoms with van der Waals surface area (Å²) in [5.41, 5.74) is 1.03. The summed E-state index contributed by atoms with van der Waals surface area (Å²) in [6.07, 6.45) is 2.53. The third kappa shape index (κ3) is 7.40. The molecule has 1 atom stereocenters. The molecule has 1 fully saturated rings. The molecule has 0 saturated carbocycles. The van der Waals surface area contributed by atoms with Gasteiger partial charge in [0.1, 0.15) is 0 Å². The number of hydrogen-bond donors (Lipinski definition) is 2. The third-order valence-corrected chi connectivity index (χ3v) is 5.25.